The van der Waals surface area contributed by atoms with E-state index in [1.807, 2.05) is 6.07 Å². The summed E-state index contributed by atoms with van der Waals surface area (Å²) in [6.07, 6.45) is 14.2. The Morgan fingerprint density at radius 2 is 1.79 bits per heavy atom. The predicted octanol–water partition coefficient (Wildman–Crippen LogP) is 4.57. The van der Waals surface area contributed by atoms with E-state index in [0.29, 0.717) is 18.4 Å². The smallest absolute Gasteiger partial charge is 0.317 e. The Morgan fingerprint density at radius 3 is 2.38 bits per heavy atom. The number of aldehydes is 1. The predicted molar refractivity (Wildman–Crippen MR) is 149 cm³/mol. The zero-order chi connectivity index (χ0) is 28.2. The number of carboxylic acids is 1. The molecule has 212 valence electrons. The van der Waals surface area contributed by atoms with E-state index in [2.05, 4.69) is 21.4 Å². The Labute approximate surface area is 229 Å². The van der Waals surface area contributed by atoms with Gasteiger partial charge >= 0.3 is 5.97 Å². The van der Waals surface area contributed by atoms with Crippen molar-refractivity contribution >= 4 is 23.7 Å². The molecule has 6 rings (SSSR count). The second-order valence-corrected chi connectivity index (χ2v) is 11.2. The van der Waals surface area contributed by atoms with Crippen molar-refractivity contribution in [2.24, 2.45) is 16.9 Å². The van der Waals surface area contributed by atoms with Gasteiger partial charge in [0.1, 0.15) is 5.82 Å². The normalized spacial score (nSPS) is 19.0. The van der Waals surface area contributed by atoms with E-state index in [0.717, 1.165) is 68.3 Å². The Balaban J connectivity index is 0.000000456. The molecule has 0 radical (unpaired) electrons. The molecule has 0 bridgehead atoms. The lowest BCUT2D eigenvalue weighted by Gasteiger charge is -2.44. The van der Waals surface area contributed by atoms with Crippen LogP contribution in [-0.4, -0.2) is 47.3 Å². The van der Waals surface area contributed by atoms with Gasteiger partial charge in [0, 0.05) is 35.1 Å². The number of anilines is 1. The Bertz CT molecular complexity index is 1230. The molecular formula is C30H41FN4O4. The molecule has 0 unspecified atom stereocenters. The second-order valence-electron chi connectivity index (χ2n) is 11.2. The molecule has 0 atom stereocenters. The number of hydrogen-bond donors (Lipinski definition) is 4. The molecular weight excluding hydrogens is 499 g/mol. The SMILES string of the molecule is CN.NCC(=O)O.O=Cc1c(F)cc(-n2c3c(c4c2CC2(CCC2)CC4=O)CCC3)cc1NC1CCCCC1. The fraction of sp³-hybridized carbons (Fsp3) is 0.567. The highest BCUT2D eigenvalue weighted by atomic mass is 19.1. The summed E-state index contributed by atoms with van der Waals surface area (Å²) in [4.78, 5) is 34.2. The molecule has 2 aromatic rings. The van der Waals surface area contributed by atoms with Crippen molar-refractivity contribution in [2.75, 3.05) is 18.9 Å². The minimum atomic E-state index is -0.968. The van der Waals surface area contributed by atoms with E-state index < -0.39 is 11.8 Å². The number of hydrogen-bond acceptors (Lipinski definition) is 6. The van der Waals surface area contributed by atoms with Gasteiger partial charge < -0.3 is 26.5 Å². The number of carboxylic acid groups (broad SMARTS) is 1. The summed E-state index contributed by atoms with van der Waals surface area (Å²) in [7, 11) is 1.50. The average Bonchev–Trinajstić information content (AvgIpc) is 3.50. The van der Waals surface area contributed by atoms with Crippen LogP contribution in [0, 0.1) is 11.2 Å². The number of nitrogens with two attached hydrogens (primary N) is 2. The number of aromatic nitrogens is 1. The Morgan fingerprint density at radius 1 is 1.10 bits per heavy atom. The lowest BCUT2D eigenvalue weighted by atomic mass is 9.60. The van der Waals surface area contributed by atoms with Crippen LogP contribution in [-0.2, 0) is 24.1 Å². The first-order valence-electron chi connectivity index (χ1n) is 14.2. The fourth-order valence-corrected chi connectivity index (χ4v) is 6.82. The maximum absolute atomic E-state index is 15.2. The molecule has 0 amide bonds. The van der Waals surface area contributed by atoms with Gasteiger partial charge in [-0.25, -0.2) is 4.39 Å². The first-order valence-corrected chi connectivity index (χ1v) is 14.2. The lowest BCUT2D eigenvalue weighted by Crippen LogP contribution is -2.39. The summed E-state index contributed by atoms with van der Waals surface area (Å²) in [6.45, 7) is -0.278. The minimum Gasteiger partial charge on any atom is -0.480 e. The van der Waals surface area contributed by atoms with Gasteiger partial charge in [-0.15, -0.1) is 0 Å². The largest absolute Gasteiger partial charge is 0.480 e. The highest BCUT2D eigenvalue weighted by molar-refractivity contribution is 6.01. The van der Waals surface area contributed by atoms with Crippen LogP contribution in [0.15, 0.2) is 12.1 Å². The Hall–Kier alpha value is -3.04. The minimum absolute atomic E-state index is 0.110. The van der Waals surface area contributed by atoms with Crippen LogP contribution >= 0.6 is 0 Å². The maximum Gasteiger partial charge on any atom is 0.317 e. The third-order valence-electron chi connectivity index (χ3n) is 8.72. The van der Waals surface area contributed by atoms with Gasteiger partial charge in [0.05, 0.1) is 17.8 Å². The van der Waals surface area contributed by atoms with Gasteiger partial charge in [0.15, 0.2) is 12.1 Å². The third-order valence-corrected chi connectivity index (χ3v) is 8.72. The molecule has 4 aliphatic carbocycles. The van der Waals surface area contributed by atoms with Crippen molar-refractivity contribution in [1.82, 2.24) is 4.57 Å². The van der Waals surface area contributed by atoms with E-state index >= 15 is 4.39 Å². The number of ketones is 1. The van der Waals surface area contributed by atoms with Crippen LogP contribution < -0.4 is 16.8 Å². The van der Waals surface area contributed by atoms with Gasteiger partial charge in [0.25, 0.3) is 0 Å². The number of benzene rings is 1. The van der Waals surface area contributed by atoms with Crippen LogP contribution in [0.3, 0.4) is 0 Å². The number of aliphatic carboxylic acids is 1. The highest BCUT2D eigenvalue weighted by Crippen LogP contribution is 2.52. The fourth-order valence-electron chi connectivity index (χ4n) is 6.82. The zero-order valence-corrected chi connectivity index (χ0v) is 22.9. The van der Waals surface area contributed by atoms with Gasteiger partial charge in [-0.1, -0.05) is 25.7 Å². The lowest BCUT2D eigenvalue weighted by molar-refractivity contribution is -0.135. The number of halogens is 1. The molecule has 0 aliphatic heterocycles. The van der Waals surface area contributed by atoms with Crippen molar-refractivity contribution in [3.05, 3.63) is 46.0 Å². The monoisotopic (exact) mass is 540 g/mol. The topological polar surface area (TPSA) is 140 Å². The molecule has 8 nitrogen and oxygen atoms in total. The number of nitrogens with one attached hydrogen (secondary N) is 1. The molecule has 39 heavy (non-hydrogen) atoms. The first kappa shape index (κ1) is 29.0. The van der Waals surface area contributed by atoms with Crippen molar-refractivity contribution in [1.29, 1.82) is 0 Å². The van der Waals surface area contributed by atoms with Crippen molar-refractivity contribution in [3.8, 4) is 5.69 Å². The quantitative estimate of drug-likeness (QED) is 0.407. The third kappa shape index (κ3) is 5.79. The maximum atomic E-state index is 15.2. The number of rotatable bonds is 5. The summed E-state index contributed by atoms with van der Waals surface area (Å²) >= 11 is 0. The molecule has 1 aromatic heterocycles. The van der Waals surface area contributed by atoms with Gasteiger partial charge in [-0.2, -0.15) is 0 Å². The average molecular weight is 541 g/mol. The number of fused-ring (bicyclic) bond motifs is 3. The summed E-state index contributed by atoms with van der Waals surface area (Å²) < 4.78 is 17.4. The molecule has 2 fully saturated rings. The molecule has 2 saturated carbocycles. The number of Topliss-reactive ketones (excluding diaryl/α,β-unsaturated/α-hetero) is 1. The molecule has 0 saturated heterocycles. The van der Waals surface area contributed by atoms with E-state index in [1.54, 1.807) is 0 Å². The van der Waals surface area contributed by atoms with Crippen molar-refractivity contribution in [2.45, 2.75) is 89.5 Å². The molecule has 6 N–H and O–H groups in total. The highest BCUT2D eigenvalue weighted by Gasteiger charge is 2.46. The first-order chi connectivity index (χ1) is 18.9. The summed E-state index contributed by atoms with van der Waals surface area (Å²) in [5, 5.41) is 11.1. The van der Waals surface area contributed by atoms with E-state index in [1.165, 1.54) is 50.1 Å². The van der Waals surface area contributed by atoms with Crippen LogP contribution in [0.4, 0.5) is 10.1 Å². The van der Waals surface area contributed by atoms with Gasteiger partial charge in [-0.3, -0.25) is 14.4 Å². The molecule has 4 aliphatic rings. The van der Waals surface area contributed by atoms with Crippen molar-refractivity contribution < 1.29 is 23.9 Å². The van der Waals surface area contributed by atoms with Crippen LogP contribution in [0.5, 0.6) is 0 Å². The summed E-state index contributed by atoms with van der Waals surface area (Å²) in [5.74, 6) is -1.16. The molecule has 9 heteroatoms. The molecule has 1 aromatic carbocycles. The second kappa shape index (κ2) is 12.4. The van der Waals surface area contributed by atoms with Crippen LogP contribution in [0.2, 0.25) is 0 Å². The van der Waals surface area contributed by atoms with Gasteiger partial charge in [0.2, 0.25) is 0 Å². The number of carbonyl (C=O) groups excluding carboxylic acids is 2. The molecule has 1 heterocycles. The summed E-state index contributed by atoms with van der Waals surface area (Å²) in [6, 6.07) is 3.73. The van der Waals surface area contributed by atoms with E-state index in [4.69, 9.17) is 5.11 Å². The number of carbonyl (C=O) groups is 3. The zero-order valence-electron chi connectivity index (χ0n) is 22.9. The summed E-state index contributed by atoms with van der Waals surface area (Å²) in [5.41, 5.74) is 15.0. The number of nitrogens with zero attached hydrogens (tertiary/aromatic N) is 1. The van der Waals surface area contributed by atoms with Gasteiger partial charge in [-0.05, 0) is 81.5 Å². The standard InChI is InChI=1S/C27H31FN2O2.C2H5NO2.CH5N/c28-21-12-18(13-22(20(21)16-31)29-17-6-2-1-3-7-17)30-23-9-4-8-19(23)26-24(30)14-27(10-5-11-27)15-25(26)32;3-1-2(4)5;1-2/h12-13,16-17,29H,1-11,14-15H2;1,3H2,(H,4,5);2H2,1H3. The van der Waals surface area contributed by atoms with E-state index in [-0.39, 0.29) is 29.3 Å². The van der Waals surface area contributed by atoms with E-state index in [9.17, 15) is 14.4 Å². The van der Waals surface area contributed by atoms with Crippen LogP contribution in [0.1, 0.15) is 102 Å². The van der Waals surface area contributed by atoms with Crippen LogP contribution in [0.25, 0.3) is 5.69 Å². The molecule has 1 spiro atoms. The van der Waals surface area contributed by atoms with Crippen molar-refractivity contribution in [3.63, 3.8) is 0 Å². The Kier molecular flexibility index (Phi) is 9.23.